The molecule has 0 saturated heterocycles. The average Bonchev–Trinajstić information content (AvgIpc) is 2.88. The van der Waals surface area contributed by atoms with E-state index in [-0.39, 0.29) is 36.4 Å². The Bertz CT molecular complexity index is 1120. The summed E-state index contributed by atoms with van der Waals surface area (Å²) in [5, 5.41) is 3.18. The maximum absolute atomic E-state index is 7.42. The van der Waals surface area contributed by atoms with Gasteiger partial charge in [0.15, 0.2) is 0 Å². The van der Waals surface area contributed by atoms with Gasteiger partial charge in [-0.25, -0.2) is 0 Å². The van der Waals surface area contributed by atoms with Gasteiger partial charge in [-0.1, -0.05) is 33.8 Å². The minimum atomic E-state index is 0. The van der Waals surface area contributed by atoms with Gasteiger partial charge in [0.25, 0.3) is 0 Å². The van der Waals surface area contributed by atoms with Gasteiger partial charge >= 0.3 is 0 Å². The zero-order valence-corrected chi connectivity index (χ0v) is 17.9. The van der Waals surface area contributed by atoms with E-state index in [4.69, 9.17) is 11.6 Å². The number of benzene rings is 2. The SMILES string of the molecule is [C-]#[N+]c1cc[c-]c2c1ccc1c3c(cnc12)C1(C)CCC3(C)C1(C)C.[Ir]. The largest absolute Gasteiger partial charge is 0.304 e. The molecule has 26 heavy (non-hydrogen) atoms. The van der Waals surface area contributed by atoms with Gasteiger partial charge in [-0.05, 0) is 45.7 Å². The van der Waals surface area contributed by atoms with Gasteiger partial charge in [0.1, 0.15) is 5.69 Å². The van der Waals surface area contributed by atoms with Crippen molar-refractivity contribution in [1.29, 1.82) is 0 Å². The topological polar surface area (TPSA) is 17.2 Å². The standard InChI is InChI=1S/C23H21N2.Ir/c1-21(2)22(3)11-12-23(21,4)19-16-10-9-14-15(7-6-8-18(14)24-5)20(16)25-13-17(19)22;/h6,8-10,13H,11-12H2,1-4H3;/q-1;. The molecule has 3 aromatic rings. The van der Waals surface area contributed by atoms with Crippen LogP contribution in [0.2, 0.25) is 0 Å². The predicted octanol–water partition coefficient (Wildman–Crippen LogP) is 6.09. The van der Waals surface area contributed by atoms with E-state index in [1.165, 1.54) is 29.4 Å². The van der Waals surface area contributed by atoms with Crippen molar-refractivity contribution in [2.45, 2.75) is 51.4 Å². The molecule has 0 N–H and O–H groups in total. The minimum Gasteiger partial charge on any atom is -0.304 e. The zero-order valence-electron chi connectivity index (χ0n) is 15.5. The minimum absolute atomic E-state index is 0. The Hall–Kier alpha value is -1.75. The first kappa shape index (κ1) is 17.7. The second-order valence-electron chi connectivity index (χ2n) is 8.70. The fourth-order valence-electron chi connectivity index (χ4n) is 5.67. The van der Waals surface area contributed by atoms with E-state index >= 15 is 0 Å². The molecule has 0 spiro atoms. The molecule has 3 heteroatoms. The number of hydrogen-bond acceptors (Lipinski definition) is 1. The van der Waals surface area contributed by atoms with Gasteiger partial charge in [0.2, 0.25) is 0 Å². The molecular weight excluding hydrogens is 496 g/mol. The Balaban J connectivity index is 0.00000168. The molecule has 1 radical (unpaired) electrons. The summed E-state index contributed by atoms with van der Waals surface area (Å²) in [6.45, 7) is 17.1. The first-order valence-corrected chi connectivity index (χ1v) is 9.00. The smallest absolute Gasteiger partial charge is 0.115 e. The maximum atomic E-state index is 7.42. The van der Waals surface area contributed by atoms with Crippen molar-refractivity contribution in [3.63, 3.8) is 0 Å². The molecule has 2 atom stereocenters. The molecule has 2 bridgehead atoms. The van der Waals surface area contributed by atoms with Crippen LogP contribution in [0.15, 0.2) is 30.5 Å². The Morgan fingerprint density at radius 3 is 2.46 bits per heavy atom. The summed E-state index contributed by atoms with van der Waals surface area (Å²) in [5.74, 6) is 0. The van der Waals surface area contributed by atoms with Crippen LogP contribution in [0, 0.1) is 18.1 Å². The first-order valence-electron chi connectivity index (χ1n) is 9.00. The molecule has 2 aliphatic carbocycles. The molecule has 133 valence electrons. The van der Waals surface area contributed by atoms with Crippen molar-refractivity contribution in [2.75, 3.05) is 0 Å². The van der Waals surface area contributed by atoms with E-state index in [1.807, 2.05) is 12.1 Å². The first-order chi connectivity index (χ1) is 11.8. The van der Waals surface area contributed by atoms with Crippen LogP contribution in [0.25, 0.3) is 26.5 Å². The summed E-state index contributed by atoms with van der Waals surface area (Å²) in [6, 6.07) is 11.3. The van der Waals surface area contributed by atoms with E-state index in [0.717, 1.165) is 16.3 Å². The molecule has 1 saturated carbocycles. The number of aromatic nitrogens is 1. The number of nitrogens with zero attached hydrogens (tertiary/aromatic N) is 2. The van der Waals surface area contributed by atoms with Crippen molar-refractivity contribution in [3.05, 3.63) is 59.1 Å². The molecule has 5 rings (SSSR count). The number of rotatable bonds is 0. The third-order valence-electron chi connectivity index (χ3n) is 7.93. The number of fused-ring (bicyclic) bond motifs is 9. The molecule has 1 fully saturated rings. The molecule has 2 unspecified atom stereocenters. The summed E-state index contributed by atoms with van der Waals surface area (Å²) in [7, 11) is 0. The van der Waals surface area contributed by atoms with Crippen LogP contribution in [0.4, 0.5) is 5.69 Å². The molecule has 2 nitrogen and oxygen atoms in total. The summed E-state index contributed by atoms with van der Waals surface area (Å²) in [6.07, 6.45) is 4.58. The van der Waals surface area contributed by atoms with Gasteiger partial charge in [-0.2, -0.15) is 6.07 Å². The number of pyridine rings is 1. The predicted molar refractivity (Wildman–Crippen MR) is 102 cm³/mol. The summed E-state index contributed by atoms with van der Waals surface area (Å²) in [4.78, 5) is 8.55. The zero-order chi connectivity index (χ0) is 17.6. The molecule has 0 amide bonds. The Labute approximate surface area is 168 Å². The molecule has 1 heterocycles. The molecule has 2 aliphatic rings. The van der Waals surface area contributed by atoms with Crippen molar-refractivity contribution in [1.82, 2.24) is 4.98 Å². The average molecular weight is 518 g/mol. The van der Waals surface area contributed by atoms with E-state index in [9.17, 15) is 0 Å². The maximum Gasteiger partial charge on any atom is 0.115 e. The number of hydrogen-bond donors (Lipinski definition) is 0. The van der Waals surface area contributed by atoms with Gasteiger partial charge in [0.05, 0.1) is 6.57 Å². The van der Waals surface area contributed by atoms with Crippen LogP contribution in [-0.2, 0) is 30.9 Å². The van der Waals surface area contributed by atoms with Crippen LogP contribution in [-0.4, -0.2) is 4.98 Å². The molecule has 0 aliphatic heterocycles. The van der Waals surface area contributed by atoms with Gasteiger partial charge in [-0.3, -0.25) is 4.85 Å². The Morgan fingerprint density at radius 2 is 1.73 bits per heavy atom. The van der Waals surface area contributed by atoms with Crippen molar-refractivity contribution < 1.29 is 20.1 Å². The monoisotopic (exact) mass is 518 g/mol. The fraction of sp³-hybridized carbons (Fsp3) is 0.391. The van der Waals surface area contributed by atoms with E-state index < -0.39 is 0 Å². The van der Waals surface area contributed by atoms with Crippen LogP contribution in [0.3, 0.4) is 0 Å². The van der Waals surface area contributed by atoms with Crippen molar-refractivity contribution in [2.24, 2.45) is 5.41 Å². The van der Waals surface area contributed by atoms with E-state index in [2.05, 4.69) is 56.9 Å². The van der Waals surface area contributed by atoms with Gasteiger partial charge in [-0.15, -0.1) is 29.0 Å². The normalized spacial score (nSPS) is 28.0. The van der Waals surface area contributed by atoms with E-state index in [0.29, 0.717) is 5.69 Å². The Morgan fingerprint density at radius 1 is 1.04 bits per heavy atom. The molecular formula is C23H21IrN2-. The van der Waals surface area contributed by atoms with Crippen LogP contribution < -0.4 is 0 Å². The van der Waals surface area contributed by atoms with Crippen LogP contribution >= 0.6 is 0 Å². The second-order valence-corrected chi connectivity index (χ2v) is 8.70. The van der Waals surface area contributed by atoms with Crippen LogP contribution in [0.5, 0.6) is 0 Å². The third kappa shape index (κ3) is 1.68. The van der Waals surface area contributed by atoms with Crippen LogP contribution in [0.1, 0.15) is 51.7 Å². The van der Waals surface area contributed by atoms with Gasteiger partial charge < -0.3 is 4.98 Å². The quantitative estimate of drug-likeness (QED) is 0.261. The summed E-state index contributed by atoms with van der Waals surface area (Å²) in [5.41, 5.74) is 5.17. The van der Waals surface area contributed by atoms with Crippen molar-refractivity contribution in [3.8, 4) is 0 Å². The molecule has 1 aromatic heterocycles. The second kappa shape index (κ2) is 5.16. The summed E-state index contributed by atoms with van der Waals surface area (Å²) < 4.78 is 0. The summed E-state index contributed by atoms with van der Waals surface area (Å²) >= 11 is 0. The van der Waals surface area contributed by atoms with Crippen molar-refractivity contribution >= 4 is 27.4 Å². The third-order valence-corrected chi connectivity index (χ3v) is 7.93. The van der Waals surface area contributed by atoms with E-state index in [1.54, 1.807) is 0 Å². The fourth-order valence-corrected chi connectivity index (χ4v) is 5.67. The molecule has 2 aromatic carbocycles. The Kier molecular flexibility index (Phi) is 3.50. The van der Waals surface area contributed by atoms with Gasteiger partial charge in [0, 0.05) is 31.7 Å².